The molecule has 0 amide bonds. The molecule has 2 aromatic rings. The Morgan fingerprint density at radius 2 is 1.95 bits per heavy atom. The van der Waals surface area contributed by atoms with Crippen LogP contribution in [-0.2, 0) is 4.79 Å². The molecule has 1 atom stereocenters. The maximum atomic E-state index is 11.7. The zero-order chi connectivity index (χ0) is 15.4. The van der Waals surface area contributed by atoms with Crippen LogP contribution in [-0.4, -0.2) is 27.5 Å². The first kappa shape index (κ1) is 14.8. The Hall–Kier alpha value is -2.63. The van der Waals surface area contributed by atoms with Crippen molar-refractivity contribution in [3.63, 3.8) is 0 Å². The highest BCUT2D eigenvalue weighted by molar-refractivity contribution is 5.71. The summed E-state index contributed by atoms with van der Waals surface area (Å²) < 4.78 is 6.32. The Morgan fingerprint density at radius 3 is 2.52 bits per heavy atom. The van der Waals surface area contributed by atoms with E-state index in [0.717, 1.165) is 16.0 Å². The summed E-state index contributed by atoms with van der Waals surface area (Å²) in [6, 6.07) is 9.11. The topological polar surface area (TPSA) is 81.4 Å². The summed E-state index contributed by atoms with van der Waals surface area (Å²) in [5.74, 6) is -0.359. The second kappa shape index (κ2) is 6.21. The van der Waals surface area contributed by atoms with Crippen LogP contribution in [0.25, 0.3) is 11.3 Å². The summed E-state index contributed by atoms with van der Waals surface area (Å²) in [4.78, 5) is 22.7. The average Bonchev–Trinajstić information content (AvgIpc) is 2.48. The lowest BCUT2D eigenvalue weighted by atomic mass is 10.1. The monoisotopic (exact) mass is 288 g/mol. The van der Waals surface area contributed by atoms with Crippen LogP contribution in [0.15, 0.2) is 41.2 Å². The molecule has 0 aliphatic carbocycles. The molecule has 6 heteroatoms. The van der Waals surface area contributed by atoms with E-state index in [1.54, 1.807) is 18.2 Å². The van der Waals surface area contributed by atoms with Crippen LogP contribution in [0.1, 0.15) is 19.9 Å². The summed E-state index contributed by atoms with van der Waals surface area (Å²) in [6.45, 7) is 3.90. The second-order valence-electron chi connectivity index (χ2n) is 4.47. The van der Waals surface area contributed by atoms with E-state index in [-0.39, 0.29) is 0 Å². The Bertz CT molecular complexity index is 692. The van der Waals surface area contributed by atoms with Crippen molar-refractivity contribution in [2.24, 2.45) is 0 Å². The van der Waals surface area contributed by atoms with E-state index in [1.165, 1.54) is 13.0 Å². The zero-order valence-corrected chi connectivity index (χ0v) is 11.8. The Labute approximate surface area is 121 Å². The standard InChI is InChI=1S/C15H16N2O4/c1-3-21-12-6-4-11(5-7-12)13-8-9-14(18)17(16-13)10(2)15(19)20/h4-10H,3H2,1-2H3,(H,19,20)/t10-/m1/s1. The van der Waals surface area contributed by atoms with E-state index >= 15 is 0 Å². The Morgan fingerprint density at radius 1 is 1.29 bits per heavy atom. The third kappa shape index (κ3) is 3.28. The van der Waals surface area contributed by atoms with E-state index in [2.05, 4.69) is 5.10 Å². The quantitative estimate of drug-likeness (QED) is 0.909. The first-order valence-corrected chi connectivity index (χ1v) is 6.59. The van der Waals surface area contributed by atoms with Gasteiger partial charge in [-0.05, 0) is 44.2 Å². The number of rotatable bonds is 5. The fourth-order valence-electron chi connectivity index (χ4n) is 1.85. The molecule has 21 heavy (non-hydrogen) atoms. The molecule has 0 saturated carbocycles. The number of carbonyl (C=O) groups is 1. The average molecular weight is 288 g/mol. The maximum Gasteiger partial charge on any atom is 0.328 e. The van der Waals surface area contributed by atoms with Gasteiger partial charge >= 0.3 is 5.97 Å². The van der Waals surface area contributed by atoms with E-state index in [9.17, 15) is 9.59 Å². The third-order valence-electron chi connectivity index (χ3n) is 3.01. The van der Waals surface area contributed by atoms with Gasteiger partial charge in [0.15, 0.2) is 6.04 Å². The zero-order valence-electron chi connectivity index (χ0n) is 11.8. The summed E-state index contributed by atoms with van der Waals surface area (Å²) >= 11 is 0. The molecule has 0 unspecified atom stereocenters. The molecule has 1 N–H and O–H groups in total. The molecule has 0 spiro atoms. The highest BCUT2D eigenvalue weighted by Gasteiger charge is 2.16. The van der Waals surface area contributed by atoms with Crippen LogP contribution in [0.4, 0.5) is 0 Å². The molecule has 0 aliphatic heterocycles. The molecule has 0 saturated heterocycles. The van der Waals surface area contributed by atoms with Crippen molar-refractivity contribution in [1.82, 2.24) is 9.78 Å². The smallest absolute Gasteiger partial charge is 0.328 e. The molecule has 1 heterocycles. The number of ether oxygens (including phenoxy) is 1. The number of hydrogen-bond donors (Lipinski definition) is 1. The summed E-state index contributed by atoms with van der Waals surface area (Å²) in [6.07, 6.45) is 0. The van der Waals surface area contributed by atoms with Gasteiger partial charge in [-0.15, -0.1) is 0 Å². The van der Waals surface area contributed by atoms with Crippen molar-refractivity contribution in [2.75, 3.05) is 6.61 Å². The van der Waals surface area contributed by atoms with Gasteiger partial charge < -0.3 is 9.84 Å². The highest BCUT2D eigenvalue weighted by atomic mass is 16.5. The largest absolute Gasteiger partial charge is 0.494 e. The van der Waals surface area contributed by atoms with Gasteiger partial charge in [0.1, 0.15) is 5.75 Å². The van der Waals surface area contributed by atoms with E-state index in [4.69, 9.17) is 9.84 Å². The van der Waals surface area contributed by atoms with Gasteiger partial charge in [0.05, 0.1) is 12.3 Å². The normalized spacial score (nSPS) is 11.9. The van der Waals surface area contributed by atoms with Crippen molar-refractivity contribution < 1.29 is 14.6 Å². The number of nitrogens with zero attached hydrogens (tertiary/aromatic N) is 2. The van der Waals surface area contributed by atoms with E-state index < -0.39 is 17.6 Å². The molecule has 1 aromatic heterocycles. The van der Waals surface area contributed by atoms with Gasteiger partial charge in [0, 0.05) is 11.6 Å². The van der Waals surface area contributed by atoms with Crippen LogP contribution in [0, 0.1) is 0 Å². The number of hydrogen-bond acceptors (Lipinski definition) is 4. The van der Waals surface area contributed by atoms with Gasteiger partial charge in [-0.2, -0.15) is 5.10 Å². The van der Waals surface area contributed by atoms with Crippen molar-refractivity contribution in [3.8, 4) is 17.0 Å². The van der Waals surface area contributed by atoms with E-state index in [1.807, 2.05) is 19.1 Å². The first-order valence-electron chi connectivity index (χ1n) is 6.59. The second-order valence-corrected chi connectivity index (χ2v) is 4.47. The lowest BCUT2D eigenvalue weighted by Crippen LogP contribution is -2.29. The minimum Gasteiger partial charge on any atom is -0.494 e. The number of aromatic nitrogens is 2. The van der Waals surface area contributed by atoms with Crippen molar-refractivity contribution in [1.29, 1.82) is 0 Å². The molecule has 0 radical (unpaired) electrons. The molecular weight excluding hydrogens is 272 g/mol. The van der Waals surface area contributed by atoms with Crippen LogP contribution in [0.3, 0.4) is 0 Å². The predicted octanol–water partition coefficient (Wildman–Crippen LogP) is 1.95. The SMILES string of the molecule is CCOc1ccc(-c2ccc(=O)n([C@H](C)C(=O)O)n2)cc1. The molecule has 2 rings (SSSR count). The molecule has 0 aliphatic rings. The number of benzene rings is 1. The fraction of sp³-hybridized carbons (Fsp3) is 0.267. The van der Waals surface area contributed by atoms with Crippen molar-refractivity contribution in [2.45, 2.75) is 19.9 Å². The van der Waals surface area contributed by atoms with Gasteiger partial charge in [0.25, 0.3) is 5.56 Å². The minimum absolute atomic E-state index is 0.445. The van der Waals surface area contributed by atoms with Gasteiger partial charge in [-0.1, -0.05) is 0 Å². The summed E-state index contributed by atoms with van der Waals surface area (Å²) in [7, 11) is 0. The van der Waals surface area contributed by atoms with Gasteiger partial charge in [-0.3, -0.25) is 4.79 Å². The third-order valence-corrected chi connectivity index (χ3v) is 3.01. The highest BCUT2D eigenvalue weighted by Crippen LogP contribution is 2.20. The molecule has 6 nitrogen and oxygen atoms in total. The number of aliphatic carboxylic acids is 1. The Kier molecular flexibility index (Phi) is 4.37. The molecule has 110 valence electrons. The number of carboxylic acids is 1. The minimum atomic E-state index is -1.10. The summed E-state index contributed by atoms with van der Waals surface area (Å²) in [5, 5.41) is 13.1. The lowest BCUT2D eigenvalue weighted by molar-refractivity contribution is -0.140. The molecular formula is C15H16N2O4. The fourth-order valence-corrected chi connectivity index (χ4v) is 1.85. The Balaban J connectivity index is 2.38. The molecule has 0 bridgehead atoms. The maximum absolute atomic E-state index is 11.7. The van der Waals surface area contributed by atoms with Gasteiger partial charge in [0.2, 0.25) is 0 Å². The van der Waals surface area contributed by atoms with Crippen LogP contribution >= 0.6 is 0 Å². The van der Waals surface area contributed by atoms with Crippen LogP contribution < -0.4 is 10.3 Å². The molecule has 0 fully saturated rings. The predicted molar refractivity (Wildman–Crippen MR) is 77.4 cm³/mol. The van der Waals surface area contributed by atoms with E-state index in [0.29, 0.717) is 12.3 Å². The van der Waals surface area contributed by atoms with Crippen LogP contribution in [0.2, 0.25) is 0 Å². The number of carboxylic acid groups (broad SMARTS) is 1. The lowest BCUT2D eigenvalue weighted by Gasteiger charge is -2.11. The molecule has 1 aromatic carbocycles. The summed E-state index contributed by atoms with van der Waals surface area (Å²) in [5.41, 5.74) is 0.870. The van der Waals surface area contributed by atoms with Crippen molar-refractivity contribution >= 4 is 5.97 Å². The van der Waals surface area contributed by atoms with Crippen LogP contribution in [0.5, 0.6) is 5.75 Å². The van der Waals surface area contributed by atoms with Crippen molar-refractivity contribution in [3.05, 3.63) is 46.8 Å². The first-order chi connectivity index (χ1) is 10.0. The van der Waals surface area contributed by atoms with Gasteiger partial charge in [-0.25, -0.2) is 9.48 Å².